The fraction of sp³-hybridized carbons (Fsp3) is 0.650. The average Bonchev–Trinajstić information content (AvgIpc) is 3.10. The zero-order valence-electron chi connectivity index (χ0n) is 15.3. The quantitative estimate of drug-likeness (QED) is 0.725. The summed E-state index contributed by atoms with van der Waals surface area (Å²) in [5.41, 5.74) is 1.13. The van der Waals surface area contributed by atoms with Gasteiger partial charge < -0.3 is 14.4 Å². The summed E-state index contributed by atoms with van der Waals surface area (Å²) >= 11 is 0. The number of nitrogens with zero attached hydrogens (tertiary/aromatic N) is 2. The van der Waals surface area contributed by atoms with Gasteiger partial charge in [0.1, 0.15) is 12.4 Å². The van der Waals surface area contributed by atoms with Crippen molar-refractivity contribution in [1.82, 2.24) is 9.80 Å². The molecule has 142 valence electrons. The van der Waals surface area contributed by atoms with Gasteiger partial charge >= 0.3 is 0 Å². The van der Waals surface area contributed by atoms with Crippen LogP contribution in [-0.4, -0.2) is 74.4 Å². The van der Waals surface area contributed by atoms with Gasteiger partial charge in [-0.15, -0.1) is 0 Å². The van der Waals surface area contributed by atoms with E-state index in [-0.39, 0.29) is 30.3 Å². The highest BCUT2D eigenvalue weighted by molar-refractivity contribution is 5.78. The summed E-state index contributed by atoms with van der Waals surface area (Å²) in [7, 11) is 1.62. The van der Waals surface area contributed by atoms with Crippen LogP contribution in [0.1, 0.15) is 24.3 Å². The third kappa shape index (κ3) is 3.26. The number of carbonyl (C=O) groups is 1. The fourth-order valence-corrected chi connectivity index (χ4v) is 5.09. The molecule has 2 bridgehead atoms. The number of fused-ring (bicyclic) bond motifs is 2. The monoisotopic (exact) mass is 362 g/mol. The molecule has 6 heteroatoms. The maximum absolute atomic E-state index is 13.4. The molecular weight excluding hydrogens is 335 g/mol. The minimum absolute atomic E-state index is 0.0643. The molecule has 1 aromatic carbocycles. The maximum atomic E-state index is 13.4. The maximum Gasteiger partial charge on any atom is 0.248 e. The van der Waals surface area contributed by atoms with E-state index >= 15 is 0 Å². The van der Waals surface area contributed by atoms with Gasteiger partial charge in [-0.1, -0.05) is 12.1 Å². The Morgan fingerprint density at radius 2 is 1.88 bits per heavy atom. The van der Waals surface area contributed by atoms with Crippen molar-refractivity contribution in [1.29, 1.82) is 0 Å². The summed E-state index contributed by atoms with van der Waals surface area (Å²) in [6.07, 6.45) is 2.32. The van der Waals surface area contributed by atoms with Crippen molar-refractivity contribution in [2.24, 2.45) is 5.92 Å². The van der Waals surface area contributed by atoms with Crippen molar-refractivity contribution < 1.29 is 18.7 Å². The lowest BCUT2D eigenvalue weighted by atomic mass is 9.75. The van der Waals surface area contributed by atoms with Gasteiger partial charge in [0.2, 0.25) is 5.91 Å². The van der Waals surface area contributed by atoms with Crippen LogP contribution < -0.4 is 0 Å². The summed E-state index contributed by atoms with van der Waals surface area (Å²) in [4.78, 5) is 17.4. The molecule has 4 aliphatic rings. The predicted octanol–water partition coefficient (Wildman–Crippen LogP) is 1.88. The SMILES string of the molecule is COCCOCC(=O)N1C[C@H](c2ccc(F)cc2)[C@H]2[C@@H]1C1CCN2CC1. The van der Waals surface area contributed by atoms with E-state index in [4.69, 9.17) is 9.47 Å². The molecule has 0 unspecified atom stereocenters. The van der Waals surface area contributed by atoms with E-state index in [1.807, 2.05) is 17.0 Å². The molecule has 4 saturated heterocycles. The number of halogens is 1. The standard InChI is InChI=1S/C20H27FN2O3/c1-25-10-11-26-13-18(24)23-12-17(14-2-4-16(21)5-3-14)20-19(23)15-6-8-22(20)9-7-15/h2-5,15,17,19-20H,6-13H2,1H3/t17-,19+,20+/m1/s1. The van der Waals surface area contributed by atoms with Gasteiger partial charge in [0, 0.05) is 25.6 Å². The average molecular weight is 362 g/mol. The van der Waals surface area contributed by atoms with Gasteiger partial charge in [-0.25, -0.2) is 4.39 Å². The first-order valence-electron chi connectivity index (χ1n) is 9.54. The Labute approximate surface area is 154 Å². The fourth-order valence-electron chi connectivity index (χ4n) is 5.09. The Bertz CT molecular complexity index is 630. The van der Waals surface area contributed by atoms with Crippen LogP contribution in [0.2, 0.25) is 0 Å². The minimum atomic E-state index is -0.215. The van der Waals surface area contributed by atoms with Crippen LogP contribution in [0.25, 0.3) is 0 Å². The van der Waals surface area contributed by atoms with E-state index in [9.17, 15) is 9.18 Å². The molecule has 0 radical (unpaired) electrons. The second kappa shape index (κ2) is 7.62. The second-order valence-electron chi connectivity index (χ2n) is 7.60. The molecule has 4 aliphatic heterocycles. The van der Waals surface area contributed by atoms with E-state index in [0.29, 0.717) is 31.7 Å². The molecule has 0 aliphatic carbocycles. The smallest absolute Gasteiger partial charge is 0.248 e. The van der Waals surface area contributed by atoms with Crippen molar-refractivity contribution >= 4 is 5.91 Å². The number of hydrogen-bond donors (Lipinski definition) is 0. The van der Waals surface area contributed by atoms with Gasteiger partial charge in [-0.3, -0.25) is 9.69 Å². The number of rotatable bonds is 6. The molecule has 0 N–H and O–H groups in total. The van der Waals surface area contributed by atoms with Gasteiger partial charge in [-0.05, 0) is 49.5 Å². The van der Waals surface area contributed by atoms with E-state index in [0.717, 1.165) is 31.5 Å². The lowest BCUT2D eigenvalue weighted by Crippen LogP contribution is -2.61. The van der Waals surface area contributed by atoms with Crippen LogP contribution in [0.3, 0.4) is 0 Å². The molecule has 3 atom stereocenters. The van der Waals surface area contributed by atoms with Crippen molar-refractivity contribution in [2.75, 3.05) is 46.6 Å². The Hall–Kier alpha value is -1.50. The molecule has 26 heavy (non-hydrogen) atoms. The zero-order valence-corrected chi connectivity index (χ0v) is 15.3. The summed E-state index contributed by atoms with van der Waals surface area (Å²) in [6.45, 7) is 3.94. The first-order chi connectivity index (χ1) is 12.7. The Morgan fingerprint density at radius 1 is 1.15 bits per heavy atom. The first-order valence-corrected chi connectivity index (χ1v) is 9.54. The molecule has 0 spiro atoms. The lowest BCUT2D eigenvalue weighted by Gasteiger charge is -2.51. The van der Waals surface area contributed by atoms with Crippen LogP contribution in [0, 0.1) is 11.7 Å². The van der Waals surface area contributed by atoms with Crippen LogP contribution in [-0.2, 0) is 14.3 Å². The molecule has 4 heterocycles. The Morgan fingerprint density at radius 3 is 2.58 bits per heavy atom. The van der Waals surface area contributed by atoms with Gasteiger partial charge in [0.05, 0.1) is 19.3 Å². The van der Waals surface area contributed by atoms with E-state index in [1.165, 1.54) is 12.1 Å². The molecule has 4 fully saturated rings. The number of benzene rings is 1. The molecule has 0 aromatic heterocycles. The summed E-state index contributed by atoms with van der Waals surface area (Å²) < 4.78 is 23.8. The molecule has 1 amide bonds. The normalized spacial score (nSPS) is 32.7. The number of ether oxygens (including phenoxy) is 2. The second-order valence-corrected chi connectivity index (χ2v) is 7.60. The van der Waals surface area contributed by atoms with Crippen LogP contribution in [0.15, 0.2) is 24.3 Å². The Balaban J connectivity index is 1.54. The van der Waals surface area contributed by atoms with Crippen molar-refractivity contribution in [3.8, 4) is 0 Å². The lowest BCUT2D eigenvalue weighted by molar-refractivity contribution is -0.141. The minimum Gasteiger partial charge on any atom is -0.382 e. The van der Waals surface area contributed by atoms with Crippen molar-refractivity contribution in [3.63, 3.8) is 0 Å². The highest BCUT2D eigenvalue weighted by Crippen LogP contribution is 2.46. The third-order valence-corrected chi connectivity index (χ3v) is 6.27. The predicted molar refractivity (Wildman–Crippen MR) is 95.4 cm³/mol. The molecule has 5 rings (SSSR count). The largest absolute Gasteiger partial charge is 0.382 e. The Kier molecular flexibility index (Phi) is 5.25. The van der Waals surface area contributed by atoms with E-state index in [2.05, 4.69) is 4.90 Å². The zero-order chi connectivity index (χ0) is 18.1. The number of methoxy groups -OCH3 is 1. The van der Waals surface area contributed by atoms with Crippen molar-refractivity contribution in [3.05, 3.63) is 35.6 Å². The number of carbonyl (C=O) groups excluding carboxylic acids is 1. The number of amides is 1. The van der Waals surface area contributed by atoms with Crippen LogP contribution in [0.4, 0.5) is 4.39 Å². The van der Waals surface area contributed by atoms with Gasteiger partial charge in [-0.2, -0.15) is 0 Å². The topological polar surface area (TPSA) is 42.0 Å². The summed E-state index contributed by atoms with van der Waals surface area (Å²) in [5.74, 6) is 0.660. The van der Waals surface area contributed by atoms with Crippen LogP contribution >= 0.6 is 0 Å². The highest BCUT2D eigenvalue weighted by Gasteiger charge is 2.54. The number of piperidine rings is 3. The highest BCUT2D eigenvalue weighted by atomic mass is 19.1. The van der Waals surface area contributed by atoms with Gasteiger partial charge in [0.25, 0.3) is 0 Å². The molecule has 0 saturated carbocycles. The summed E-state index contributed by atoms with van der Waals surface area (Å²) in [5, 5.41) is 0. The van der Waals surface area contributed by atoms with E-state index in [1.54, 1.807) is 7.11 Å². The third-order valence-electron chi connectivity index (χ3n) is 6.27. The summed E-state index contributed by atoms with van der Waals surface area (Å²) in [6, 6.07) is 7.41. The first kappa shape index (κ1) is 17.9. The molecule has 1 aromatic rings. The van der Waals surface area contributed by atoms with E-state index < -0.39 is 0 Å². The van der Waals surface area contributed by atoms with Crippen LogP contribution in [0.5, 0.6) is 0 Å². The van der Waals surface area contributed by atoms with Crippen molar-refractivity contribution in [2.45, 2.75) is 30.8 Å². The number of hydrogen-bond acceptors (Lipinski definition) is 4. The molecular formula is C20H27FN2O3. The van der Waals surface area contributed by atoms with Gasteiger partial charge in [0.15, 0.2) is 0 Å². The number of likely N-dealkylation sites (tertiary alicyclic amines) is 1. The molecule has 5 nitrogen and oxygen atoms in total.